The van der Waals surface area contributed by atoms with Crippen molar-refractivity contribution in [1.29, 1.82) is 0 Å². The van der Waals surface area contributed by atoms with E-state index in [4.69, 9.17) is 14.2 Å². The Balaban J connectivity index is 0. The Kier molecular flexibility index (Phi) is 23.6. The molecule has 6 amide bonds. The smallest absolute Gasteiger partial charge is 0.410 e. The molecule has 17 heteroatoms. The molecule has 4 heterocycles. The van der Waals surface area contributed by atoms with Crippen LogP contribution < -0.4 is 5.32 Å². The maximum atomic E-state index is 12.9. The molecule has 4 saturated heterocycles. The van der Waals surface area contributed by atoms with Crippen LogP contribution in [0.4, 0.5) is 19.2 Å². The van der Waals surface area contributed by atoms with E-state index >= 15 is 0 Å². The zero-order chi connectivity index (χ0) is 37.4. The summed E-state index contributed by atoms with van der Waals surface area (Å²) in [6.07, 6.45) is 2.89. The van der Waals surface area contributed by atoms with Crippen LogP contribution in [0.2, 0.25) is 0 Å². The van der Waals surface area contributed by atoms with E-state index in [1.807, 2.05) is 75.2 Å². The molecule has 0 unspecified atom stereocenters. The number of hydrogen-bond acceptors (Lipinski definition) is 9. The molecule has 0 bridgehead atoms. The number of nitrogens with one attached hydrogen (secondary N) is 1. The molecular weight excluding hydrogens is 733 g/mol. The minimum Gasteiger partial charge on any atom is -0.444 e. The number of methoxy groups -OCH3 is 1. The highest BCUT2D eigenvalue weighted by Gasteiger charge is 2.38. The molecule has 320 valence electrons. The highest BCUT2D eigenvalue weighted by molar-refractivity contribution is 7.59. The van der Waals surface area contributed by atoms with E-state index in [1.165, 1.54) is 0 Å². The predicted molar refractivity (Wildman–Crippen MR) is 226 cm³/mol. The van der Waals surface area contributed by atoms with E-state index in [0.717, 1.165) is 65.0 Å². The van der Waals surface area contributed by atoms with Crippen LogP contribution in [-0.2, 0) is 14.2 Å². The Hall–Kier alpha value is -2.34. The summed E-state index contributed by atoms with van der Waals surface area (Å²) >= 11 is 0. The summed E-state index contributed by atoms with van der Waals surface area (Å²) in [5.41, 5.74) is -1.02. The second-order valence-corrected chi connectivity index (χ2v) is 16.1. The van der Waals surface area contributed by atoms with E-state index in [2.05, 4.69) is 10.2 Å². The van der Waals surface area contributed by atoms with Crippen molar-refractivity contribution in [3.8, 4) is 0 Å². The van der Waals surface area contributed by atoms with Gasteiger partial charge in [0.15, 0.2) is 0 Å². The summed E-state index contributed by atoms with van der Waals surface area (Å²) in [4.78, 5) is 62.9. The third-order valence-electron chi connectivity index (χ3n) is 9.92. The number of carbonyl (C=O) groups is 4. The number of rotatable bonds is 7. The third kappa shape index (κ3) is 16.0. The van der Waals surface area contributed by atoms with Crippen molar-refractivity contribution in [1.82, 2.24) is 39.6 Å². The van der Waals surface area contributed by atoms with Crippen LogP contribution in [0.25, 0.3) is 0 Å². The van der Waals surface area contributed by atoms with Crippen molar-refractivity contribution in [2.75, 3.05) is 101 Å². The molecule has 4 atom stereocenters. The lowest BCUT2D eigenvalue weighted by Gasteiger charge is -2.31. The summed E-state index contributed by atoms with van der Waals surface area (Å²) in [7, 11) is 8.96. The number of carbonyl (C=O) groups excluding carboxylic acids is 4. The second-order valence-electron chi connectivity index (χ2n) is 16.1. The lowest BCUT2D eigenvalue weighted by atomic mass is 10.2. The van der Waals surface area contributed by atoms with Crippen LogP contribution in [0.15, 0.2) is 0 Å². The minimum atomic E-state index is -0.517. The largest absolute Gasteiger partial charge is 0.444 e. The average Bonchev–Trinajstić information content (AvgIpc) is 3.87. The van der Waals surface area contributed by atoms with Crippen LogP contribution in [0.3, 0.4) is 0 Å². The molecular formula is C37H78N8O7S2. The second kappa shape index (κ2) is 23.7. The number of urea groups is 2. The van der Waals surface area contributed by atoms with Crippen LogP contribution in [0.1, 0.15) is 82.1 Å². The molecule has 0 aromatic heterocycles. The van der Waals surface area contributed by atoms with Crippen molar-refractivity contribution in [3.05, 3.63) is 0 Å². The van der Waals surface area contributed by atoms with Gasteiger partial charge in [0.25, 0.3) is 0 Å². The van der Waals surface area contributed by atoms with Crippen molar-refractivity contribution in [2.24, 2.45) is 0 Å². The summed E-state index contributed by atoms with van der Waals surface area (Å²) in [5.74, 6) is 0. The fraction of sp³-hybridized carbons (Fsp3) is 0.892. The number of likely N-dealkylation sites (N-methyl/N-ethyl adjacent to an activating group) is 4. The summed E-state index contributed by atoms with van der Waals surface area (Å²) in [6, 6.07) is 0.623. The lowest BCUT2D eigenvalue weighted by molar-refractivity contribution is 0.0219. The maximum Gasteiger partial charge on any atom is 0.410 e. The number of hydrogen-bond donors (Lipinski definition) is 1. The molecule has 4 aliphatic heterocycles. The molecule has 0 saturated carbocycles. The Morgan fingerprint density at radius 3 is 1.43 bits per heavy atom. The van der Waals surface area contributed by atoms with Gasteiger partial charge in [-0.15, -0.1) is 0 Å². The lowest BCUT2D eigenvalue weighted by Crippen LogP contribution is -2.48. The first-order valence-corrected chi connectivity index (χ1v) is 18.2. The predicted octanol–water partition coefficient (Wildman–Crippen LogP) is 4.54. The number of nitrogens with zero attached hydrogens (tertiary/aromatic N) is 7. The van der Waals surface area contributed by atoms with Crippen molar-refractivity contribution >= 4 is 51.2 Å². The Morgan fingerprint density at radius 1 is 0.630 bits per heavy atom. The molecule has 15 nitrogen and oxygen atoms in total. The fourth-order valence-corrected chi connectivity index (χ4v) is 6.71. The van der Waals surface area contributed by atoms with Gasteiger partial charge in [0.1, 0.15) is 11.2 Å². The van der Waals surface area contributed by atoms with Crippen molar-refractivity contribution < 1.29 is 33.4 Å². The van der Waals surface area contributed by atoms with E-state index < -0.39 is 11.2 Å². The van der Waals surface area contributed by atoms with Gasteiger partial charge in [-0.3, -0.25) is 4.90 Å². The summed E-state index contributed by atoms with van der Waals surface area (Å²) in [5, 5.41) is 3.28. The molecule has 54 heavy (non-hydrogen) atoms. The molecule has 0 aliphatic carbocycles. The first kappa shape index (κ1) is 53.8. The maximum absolute atomic E-state index is 12.9. The topological polar surface area (TPSA) is 131 Å². The minimum absolute atomic E-state index is 0. The quantitative estimate of drug-likeness (QED) is 0.394. The molecule has 0 aromatic carbocycles. The monoisotopic (exact) mass is 811 g/mol. The molecule has 4 aliphatic rings. The van der Waals surface area contributed by atoms with E-state index in [9.17, 15) is 19.2 Å². The molecule has 0 radical (unpaired) electrons. The van der Waals surface area contributed by atoms with Gasteiger partial charge in [-0.1, -0.05) is 14.9 Å². The fourth-order valence-electron chi connectivity index (χ4n) is 6.71. The van der Waals surface area contributed by atoms with Gasteiger partial charge in [0, 0.05) is 99.7 Å². The van der Waals surface area contributed by atoms with Crippen molar-refractivity contribution in [2.45, 2.75) is 117 Å². The Morgan fingerprint density at radius 2 is 1.04 bits per heavy atom. The first-order valence-electron chi connectivity index (χ1n) is 18.2. The third-order valence-corrected chi connectivity index (χ3v) is 9.92. The normalized spacial score (nSPS) is 22.3. The van der Waals surface area contributed by atoms with Gasteiger partial charge in [-0.05, 0) is 73.8 Å². The van der Waals surface area contributed by atoms with Gasteiger partial charge < -0.3 is 48.9 Å². The molecule has 0 spiro atoms. The van der Waals surface area contributed by atoms with Gasteiger partial charge >= 0.3 is 24.2 Å². The van der Waals surface area contributed by atoms with Gasteiger partial charge in [-0.2, -0.15) is 27.0 Å². The zero-order valence-corrected chi connectivity index (χ0v) is 35.7. The highest BCUT2D eigenvalue weighted by atomic mass is 32.1. The van der Waals surface area contributed by atoms with E-state index in [1.54, 1.807) is 31.0 Å². The number of amides is 6. The zero-order valence-electron chi connectivity index (χ0n) is 33.7. The summed E-state index contributed by atoms with van der Waals surface area (Å²) < 4.78 is 16.0. The SMILES string of the molecule is C.C.CN(C(=O)OC(C)(C)C)[C@H]1CCN(C(=O)N(C)[C@@H]2CCNC2)C1.COCCN1CC[C@@H](N(C)C(=O)N2CC[C@H](N(C)C(=O)OC(C)(C)C)C2)C1.S.S. The average molecular weight is 811 g/mol. The van der Waals surface area contributed by atoms with Gasteiger partial charge in [0.2, 0.25) is 0 Å². The standard InChI is InChI=1S/C19H36N4O4.C16H30N4O3.2CH4.2H2S/c1-19(2,3)27-18(25)21(5)16-8-10-23(14-16)17(24)20(4)15-7-9-22(13-15)11-12-26-6;1-16(2,3)23-15(22)19(5)13-7-9-20(11-13)14(21)18(4)12-6-8-17-10-12;;;;/h15-16H,7-14H2,1-6H3;12-13,17H,6-11H2,1-5H3;2*1H4;2*1H2/t15-,16+;12-,13+;;;;/m11..../s1. The molecule has 4 rings (SSSR count). The Labute approximate surface area is 341 Å². The van der Waals surface area contributed by atoms with Crippen LogP contribution in [0.5, 0.6) is 0 Å². The highest BCUT2D eigenvalue weighted by Crippen LogP contribution is 2.22. The van der Waals surface area contributed by atoms with Crippen LogP contribution >= 0.6 is 27.0 Å². The molecule has 1 N–H and O–H groups in total. The van der Waals surface area contributed by atoms with Crippen LogP contribution in [0, 0.1) is 0 Å². The van der Waals surface area contributed by atoms with E-state index in [-0.39, 0.29) is 90.3 Å². The van der Waals surface area contributed by atoms with Crippen LogP contribution in [-0.4, -0.2) is 195 Å². The molecule has 4 fully saturated rings. The summed E-state index contributed by atoms with van der Waals surface area (Å²) in [6.45, 7) is 18.9. The number of ether oxygens (including phenoxy) is 3. The van der Waals surface area contributed by atoms with Gasteiger partial charge in [0.05, 0.1) is 18.7 Å². The van der Waals surface area contributed by atoms with Crippen molar-refractivity contribution in [3.63, 3.8) is 0 Å². The van der Waals surface area contributed by atoms with Gasteiger partial charge in [-0.25, -0.2) is 19.2 Å². The molecule has 0 aromatic rings. The van der Waals surface area contributed by atoms with E-state index in [0.29, 0.717) is 26.2 Å². The number of likely N-dealkylation sites (tertiary alicyclic amines) is 3. The Bertz CT molecular complexity index is 1150. The first-order chi connectivity index (χ1) is 23.3.